The highest BCUT2D eigenvalue weighted by Gasteiger charge is 2.28. The van der Waals surface area contributed by atoms with Gasteiger partial charge in [0.15, 0.2) is 5.82 Å². The first kappa shape index (κ1) is 17.0. The SMILES string of the molecule is Cn1nc(N2CCC(=O)NC2=O)c2ccc(C3CCC(CO)CC3)cc21. The minimum absolute atomic E-state index is 0.243. The van der Waals surface area contributed by atoms with E-state index in [1.807, 2.05) is 13.1 Å². The predicted octanol–water partition coefficient (Wildman–Crippen LogP) is 2.29. The van der Waals surface area contributed by atoms with Crippen molar-refractivity contribution in [1.82, 2.24) is 15.1 Å². The van der Waals surface area contributed by atoms with E-state index in [4.69, 9.17) is 0 Å². The summed E-state index contributed by atoms with van der Waals surface area (Å²) in [5.41, 5.74) is 2.29. The van der Waals surface area contributed by atoms with E-state index >= 15 is 0 Å². The van der Waals surface area contributed by atoms with Crippen molar-refractivity contribution < 1.29 is 14.7 Å². The molecule has 1 aromatic carbocycles. The maximum atomic E-state index is 12.2. The zero-order valence-corrected chi connectivity index (χ0v) is 14.9. The summed E-state index contributed by atoms with van der Waals surface area (Å²) >= 11 is 0. The lowest BCUT2D eigenvalue weighted by atomic mass is 9.79. The number of nitrogens with one attached hydrogen (secondary N) is 1. The van der Waals surface area contributed by atoms with Crippen LogP contribution in [0.5, 0.6) is 0 Å². The number of nitrogens with zero attached hydrogens (tertiary/aromatic N) is 3. The molecule has 1 saturated heterocycles. The van der Waals surface area contributed by atoms with Gasteiger partial charge >= 0.3 is 6.03 Å². The number of carbonyl (C=O) groups excluding carboxylic acids is 2. The first-order chi connectivity index (χ1) is 12.6. The standard InChI is InChI=1S/C19H24N4O3/c1-22-16-10-14(13-4-2-12(11-24)3-5-13)6-7-15(16)18(21-22)23-9-8-17(25)20-19(23)26/h6-7,10,12-13,24H,2-5,8-9,11H2,1H3,(H,20,25,26). The average molecular weight is 356 g/mol. The van der Waals surface area contributed by atoms with Gasteiger partial charge in [-0.3, -0.25) is 19.7 Å². The summed E-state index contributed by atoms with van der Waals surface area (Å²) in [4.78, 5) is 25.1. The van der Waals surface area contributed by atoms with Gasteiger partial charge in [-0.25, -0.2) is 4.79 Å². The molecule has 1 aliphatic carbocycles. The zero-order chi connectivity index (χ0) is 18.3. The molecular weight excluding hydrogens is 332 g/mol. The Morgan fingerprint density at radius 2 is 2.00 bits per heavy atom. The number of aromatic nitrogens is 2. The van der Waals surface area contributed by atoms with Crippen molar-refractivity contribution >= 4 is 28.7 Å². The average Bonchev–Trinajstić information content (AvgIpc) is 2.98. The summed E-state index contributed by atoms with van der Waals surface area (Å²) < 4.78 is 1.80. The Morgan fingerprint density at radius 1 is 1.23 bits per heavy atom. The number of amides is 3. The van der Waals surface area contributed by atoms with Crippen LogP contribution < -0.4 is 10.2 Å². The van der Waals surface area contributed by atoms with Crippen molar-refractivity contribution in [2.24, 2.45) is 13.0 Å². The minimum Gasteiger partial charge on any atom is -0.396 e. The first-order valence-corrected chi connectivity index (χ1v) is 9.25. The van der Waals surface area contributed by atoms with E-state index in [-0.39, 0.29) is 18.9 Å². The van der Waals surface area contributed by atoms with Crippen LogP contribution in [0.15, 0.2) is 18.2 Å². The number of carbonyl (C=O) groups is 2. The van der Waals surface area contributed by atoms with Crippen LogP contribution in [0, 0.1) is 5.92 Å². The van der Waals surface area contributed by atoms with E-state index in [0.29, 0.717) is 24.2 Å². The van der Waals surface area contributed by atoms with Gasteiger partial charge in [0.25, 0.3) is 0 Å². The maximum absolute atomic E-state index is 12.2. The largest absolute Gasteiger partial charge is 0.396 e. The Bertz CT molecular complexity index is 852. The molecule has 4 rings (SSSR count). The molecule has 2 fully saturated rings. The second-order valence-corrected chi connectivity index (χ2v) is 7.38. The fourth-order valence-corrected chi connectivity index (χ4v) is 4.15. The van der Waals surface area contributed by atoms with E-state index in [0.717, 1.165) is 36.6 Å². The molecule has 1 saturated carbocycles. The van der Waals surface area contributed by atoms with Crippen LogP contribution in [-0.4, -0.2) is 40.0 Å². The molecule has 0 atom stereocenters. The third-order valence-corrected chi connectivity index (χ3v) is 5.74. The molecule has 2 aromatic rings. The Hall–Kier alpha value is -2.41. The van der Waals surface area contributed by atoms with Gasteiger partial charge in [-0.2, -0.15) is 5.10 Å². The summed E-state index contributed by atoms with van der Waals surface area (Å²) in [5, 5.41) is 17.1. The summed E-state index contributed by atoms with van der Waals surface area (Å²) in [6.45, 7) is 0.640. The molecule has 2 heterocycles. The van der Waals surface area contributed by atoms with Crippen molar-refractivity contribution in [3.63, 3.8) is 0 Å². The first-order valence-electron chi connectivity index (χ1n) is 9.25. The van der Waals surface area contributed by atoms with E-state index in [1.54, 1.807) is 4.68 Å². The number of aliphatic hydroxyl groups is 1. The molecule has 0 radical (unpaired) electrons. The molecule has 0 spiro atoms. The van der Waals surface area contributed by atoms with Gasteiger partial charge in [-0.1, -0.05) is 6.07 Å². The van der Waals surface area contributed by atoms with Crippen molar-refractivity contribution in [2.75, 3.05) is 18.1 Å². The molecule has 0 bridgehead atoms. The summed E-state index contributed by atoms with van der Waals surface area (Å²) in [5.74, 6) is 1.31. The number of aryl methyl sites for hydroxylation is 1. The summed E-state index contributed by atoms with van der Waals surface area (Å²) in [7, 11) is 1.88. The number of imide groups is 1. The van der Waals surface area contributed by atoms with Crippen molar-refractivity contribution in [3.8, 4) is 0 Å². The number of benzene rings is 1. The normalized spacial score (nSPS) is 24.2. The van der Waals surface area contributed by atoms with Crippen LogP contribution in [0.1, 0.15) is 43.6 Å². The third-order valence-electron chi connectivity index (χ3n) is 5.74. The molecule has 138 valence electrons. The number of hydrogen-bond acceptors (Lipinski definition) is 4. The van der Waals surface area contributed by atoms with Crippen LogP contribution in [0.3, 0.4) is 0 Å². The highest BCUT2D eigenvalue weighted by atomic mass is 16.3. The number of fused-ring (bicyclic) bond motifs is 1. The van der Waals surface area contributed by atoms with E-state index in [1.165, 1.54) is 10.5 Å². The lowest BCUT2D eigenvalue weighted by Gasteiger charge is -2.27. The van der Waals surface area contributed by atoms with Crippen LogP contribution in [0.25, 0.3) is 10.9 Å². The summed E-state index contributed by atoms with van der Waals surface area (Å²) in [6, 6.07) is 5.93. The molecule has 7 heteroatoms. The van der Waals surface area contributed by atoms with Gasteiger partial charge in [-0.15, -0.1) is 0 Å². The highest BCUT2D eigenvalue weighted by molar-refractivity contribution is 6.08. The third kappa shape index (κ3) is 2.96. The summed E-state index contributed by atoms with van der Waals surface area (Å²) in [6.07, 6.45) is 4.61. The lowest BCUT2D eigenvalue weighted by Crippen LogP contribution is -2.49. The van der Waals surface area contributed by atoms with Crippen LogP contribution in [0.4, 0.5) is 10.6 Å². The van der Waals surface area contributed by atoms with Crippen molar-refractivity contribution in [3.05, 3.63) is 23.8 Å². The van der Waals surface area contributed by atoms with Gasteiger partial charge in [0.2, 0.25) is 5.91 Å². The second kappa shape index (κ2) is 6.72. The smallest absolute Gasteiger partial charge is 0.329 e. The quantitative estimate of drug-likeness (QED) is 0.883. The van der Waals surface area contributed by atoms with E-state index < -0.39 is 6.03 Å². The number of aliphatic hydroxyl groups excluding tert-OH is 1. The number of urea groups is 1. The zero-order valence-electron chi connectivity index (χ0n) is 14.9. The van der Waals surface area contributed by atoms with Crippen LogP contribution in [-0.2, 0) is 11.8 Å². The second-order valence-electron chi connectivity index (χ2n) is 7.38. The predicted molar refractivity (Wildman–Crippen MR) is 98.0 cm³/mol. The Balaban J connectivity index is 1.63. The van der Waals surface area contributed by atoms with Crippen molar-refractivity contribution in [1.29, 1.82) is 0 Å². The number of anilines is 1. The molecule has 1 aromatic heterocycles. The number of hydrogen-bond donors (Lipinski definition) is 2. The lowest BCUT2D eigenvalue weighted by molar-refractivity contribution is -0.120. The van der Waals surface area contributed by atoms with E-state index in [9.17, 15) is 14.7 Å². The molecule has 0 unspecified atom stereocenters. The van der Waals surface area contributed by atoms with Crippen molar-refractivity contribution in [2.45, 2.75) is 38.0 Å². The Kier molecular flexibility index (Phi) is 4.40. The van der Waals surface area contributed by atoms with Gasteiger partial charge in [0.05, 0.1) is 5.52 Å². The molecular formula is C19H24N4O3. The maximum Gasteiger partial charge on any atom is 0.329 e. The van der Waals surface area contributed by atoms with E-state index in [2.05, 4.69) is 22.5 Å². The van der Waals surface area contributed by atoms with Gasteiger partial charge in [0, 0.05) is 32.0 Å². The monoisotopic (exact) mass is 356 g/mol. The fourth-order valence-electron chi connectivity index (χ4n) is 4.15. The van der Waals surface area contributed by atoms with Gasteiger partial charge < -0.3 is 5.11 Å². The molecule has 7 nitrogen and oxygen atoms in total. The van der Waals surface area contributed by atoms with Crippen LogP contribution >= 0.6 is 0 Å². The molecule has 2 aliphatic rings. The molecule has 1 aliphatic heterocycles. The Morgan fingerprint density at radius 3 is 2.69 bits per heavy atom. The van der Waals surface area contributed by atoms with Gasteiger partial charge in [0.1, 0.15) is 0 Å². The molecule has 2 N–H and O–H groups in total. The van der Waals surface area contributed by atoms with Crippen LogP contribution in [0.2, 0.25) is 0 Å². The number of rotatable bonds is 3. The molecule has 3 amide bonds. The highest BCUT2D eigenvalue weighted by Crippen LogP contribution is 2.37. The molecule has 26 heavy (non-hydrogen) atoms. The minimum atomic E-state index is -0.410. The Labute approximate surface area is 152 Å². The van der Waals surface area contributed by atoms with Gasteiger partial charge in [-0.05, 0) is 55.2 Å². The fraction of sp³-hybridized carbons (Fsp3) is 0.526. The topological polar surface area (TPSA) is 87.5 Å².